The summed E-state index contributed by atoms with van der Waals surface area (Å²) in [6.45, 7) is 17.3. The maximum Gasteiger partial charge on any atom is 0.192 e. The Morgan fingerprint density at radius 2 is 1.97 bits per heavy atom. The highest BCUT2D eigenvalue weighted by Gasteiger charge is 2.36. The summed E-state index contributed by atoms with van der Waals surface area (Å²) in [5.41, 5.74) is 5.44. The average molecular weight is 410 g/mol. The van der Waals surface area contributed by atoms with Crippen molar-refractivity contribution in [3.63, 3.8) is 0 Å². The minimum Gasteiger partial charge on any atom is -0.413 e. The topological polar surface area (TPSA) is 57.9 Å². The van der Waals surface area contributed by atoms with Gasteiger partial charge in [-0.15, -0.1) is 0 Å². The third kappa shape index (κ3) is 6.69. The van der Waals surface area contributed by atoms with Crippen molar-refractivity contribution in [3.05, 3.63) is 58.9 Å². The molecule has 1 aliphatic heterocycles. The van der Waals surface area contributed by atoms with E-state index in [-0.39, 0.29) is 5.04 Å². The van der Waals surface area contributed by atoms with E-state index in [0.717, 1.165) is 29.8 Å². The Morgan fingerprint density at radius 1 is 1.24 bits per heavy atom. The molecule has 1 aromatic carbocycles. The van der Waals surface area contributed by atoms with Crippen LogP contribution in [0.25, 0.3) is 0 Å². The first-order chi connectivity index (χ1) is 13.5. The molecule has 1 aromatic heterocycles. The molecule has 0 bridgehead atoms. The minimum atomic E-state index is -1.63. The molecule has 0 saturated heterocycles. The molecular weight excluding hydrogens is 374 g/mol. The van der Waals surface area contributed by atoms with Gasteiger partial charge in [0.1, 0.15) is 0 Å². The first kappa shape index (κ1) is 23.1. The van der Waals surface area contributed by atoms with Gasteiger partial charge in [0.25, 0.3) is 0 Å². The van der Waals surface area contributed by atoms with Crippen molar-refractivity contribution in [1.82, 2.24) is 4.98 Å². The van der Waals surface area contributed by atoms with Gasteiger partial charge in [-0.25, -0.2) is 0 Å². The minimum absolute atomic E-state index is 0.269. The predicted octanol–water partition coefficient (Wildman–Crippen LogP) is 6.07. The molecule has 4 nitrogen and oxygen atoms in total. The number of hydrogen-bond donors (Lipinski definition) is 1. The number of aromatic nitrogens is 1. The van der Waals surface area contributed by atoms with Gasteiger partial charge >= 0.3 is 0 Å². The van der Waals surface area contributed by atoms with E-state index >= 15 is 0 Å². The Balaban J connectivity index is 0.000000211. The highest BCUT2D eigenvalue weighted by molar-refractivity contribution is 6.74. The molecule has 0 radical (unpaired) electrons. The number of hydrogen-bond acceptors (Lipinski definition) is 4. The van der Waals surface area contributed by atoms with Gasteiger partial charge in [-0.3, -0.25) is 4.98 Å². The molecule has 5 heteroatoms. The van der Waals surface area contributed by atoms with Crippen LogP contribution in [-0.2, 0) is 17.5 Å². The van der Waals surface area contributed by atoms with Crippen LogP contribution in [0.5, 0.6) is 0 Å². The predicted molar refractivity (Wildman–Crippen MR) is 123 cm³/mol. The van der Waals surface area contributed by atoms with Crippen LogP contribution in [0.15, 0.2) is 36.5 Å². The van der Waals surface area contributed by atoms with Gasteiger partial charge in [0.2, 0.25) is 0 Å². The summed E-state index contributed by atoms with van der Waals surface area (Å²) in [4.78, 5) is 4.28. The molecule has 1 unspecified atom stereocenters. The van der Waals surface area contributed by atoms with Gasteiger partial charge < -0.3 is 9.74 Å². The van der Waals surface area contributed by atoms with E-state index in [2.05, 4.69) is 63.2 Å². The number of aryl methyl sites for hydroxylation is 1. The molecule has 0 fully saturated rings. The lowest BCUT2D eigenvalue weighted by Gasteiger charge is -2.36. The first-order valence-electron chi connectivity index (χ1n) is 10.3. The second-order valence-electron chi connectivity index (χ2n) is 9.53. The van der Waals surface area contributed by atoms with Crippen molar-refractivity contribution in [2.45, 2.75) is 65.8 Å². The normalized spacial score (nSPS) is 16.0. The number of nitriles is 1. The summed E-state index contributed by atoms with van der Waals surface area (Å²) >= 11 is 0. The van der Waals surface area contributed by atoms with Crippen molar-refractivity contribution < 1.29 is 4.43 Å². The van der Waals surface area contributed by atoms with E-state index < -0.39 is 8.32 Å². The van der Waals surface area contributed by atoms with Crippen molar-refractivity contribution >= 4 is 14.0 Å². The fourth-order valence-corrected chi connectivity index (χ4v) is 3.76. The molecule has 0 saturated carbocycles. The zero-order chi connectivity index (χ0) is 21.7. The van der Waals surface area contributed by atoms with Gasteiger partial charge in [0.15, 0.2) is 8.32 Å². The summed E-state index contributed by atoms with van der Waals surface area (Å²) in [6, 6.07) is 12.1. The van der Waals surface area contributed by atoms with E-state index in [1.54, 1.807) is 0 Å². The van der Waals surface area contributed by atoms with E-state index in [0.29, 0.717) is 12.5 Å². The van der Waals surface area contributed by atoms with E-state index in [1.807, 2.05) is 37.4 Å². The largest absolute Gasteiger partial charge is 0.413 e. The summed E-state index contributed by atoms with van der Waals surface area (Å²) in [7, 11) is -1.63. The van der Waals surface area contributed by atoms with E-state index in [1.165, 1.54) is 11.3 Å². The number of nitrogens with zero attached hydrogens (tertiary/aromatic N) is 2. The van der Waals surface area contributed by atoms with Crippen molar-refractivity contribution in [2.75, 3.05) is 11.9 Å². The number of anilines is 1. The van der Waals surface area contributed by atoms with Crippen LogP contribution in [0.3, 0.4) is 0 Å². The van der Waals surface area contributed by atoms with Crippen LogP contribution in [0, 0.1) is 24.2 Å². The average Bonchev–Trinajstić information content (AvgIpc) is 2.66. The van der Waals surface area contributed by atoms with Gasteiger partial charge in [-0.2, -0.15) is 5.26 Å². The quantitative estimate of drug-likeness (QED) is 0.625. The number of rotatable bonds is 3. The van der Waals surface area contributed by atoms with Gasteiger partial charge in [0.05, 0.1) is 18.2 Å². The fraction of sp³-hybridized carbons (Fsp3) is 0.500. The molecule has 1 atom stereocenters. The van der Waals surface area contributed by atoms with Crippen molar-refractivity contribution in [1.29, 1.82) is 5.26 Å². The number of benzene rings is 1. The van der Waals surface area contributed by atoms with Crippen LogP contribution >= 0.6 is 0 Å². The Kier molecular flexibility index (Phi) is 7.62. The summed E-state index contributed by atoms with van der Waals surface area (Å²) in [5, 5.41) is 12.4. The third-order valence-electron chi connectivity index (χ3n) is 5.82. The molecule has 0 amide bonds. The molecule has 1 aliphatic rings. The highest BCUT2D eigenvalue weighted by atomic mass is 28.4. The van der Waals surface area contributed by atoms with Crippen LogP contribution in [0.4, 0.5) is 5.69 Å². The molecule has 2 aromatic rings. The molecule has 1 N–H and O–H groups in total. The molecule has 0 spiro atoms. The van der Waals surface area contributed by atoms with Gasteiger partial charge in [0, 0.05) is 24.1 Å². The van der Waals surface area contributed by atoms with Crippen LogP contribution in [0.1, 0.15) is 50.1 Å². The SMILES string of the molecule is CC1CNc2ccc(C#N)cc2C1.Cc1ccc(CO[Si](C)(C)C(C)(C)C)cn1. The second-order valence-corrected chi connectivity index (χ2v) is 14.3. The Morgan fingerprint density at radius 3 is 2.55 bits per heavy atom. The molecule has 0 aliphatic carbocycles. The lowest BCUT2D eigenvalue weighted by molar-refractivity contribution is 0.276. The molecule has 2 heterocycles. The summed E-state index contributed by atoms with van der Waals surface area (Å²) < 4.78 is 6.12. The number of fused-ring (bicyclic) bond motifs is 1. The fourth-order valence-electron chi connectivity index (χ4n) is 2.80. The van der Waals surface area contributed by atoms with Gasteiger partial charge in [-0.1, -0.05) is 33.8 Å². The lowest BCUT2D eigenvalue weighted by atomic mass is 9.94. The van der Waals surface area contributed by atoms with Crippen LogP contribution < -0.4 is 5.32 Å². The highest BCUT2D eigenvalue weighted by Crippen LogP contribution is 2.37. The summed E-state index contributed by atoms with van der Waals surface area (Å²) in [6.07, 6.45) is 2.99. The number of pyridine rings is 1. The van der Waals surface area contributed by atoms with Gasteiger partial charge in [-0.05, 0) is 72.8 Å². The molecule has 29 heavy (non-hydrogen) atoms. The molecular formula is C24H35N3OSi. The van der Waals surface area contributed by atoms with Crippen LogP contribution in [0.2, 0.25) is 18.1 Å². The molecule has 156 valence electrons. The zero-order valence-corrected chi connectivity index (χ0v) is 20.0. The zero-order valence-electron chi connectivity index (χ0n) is 19.0. The Hall–Kier alpha value is -2.16. The summed E-state index contributed by atoms with van der Waals surface area (Å²) in [5.74, 6) is 0.668. The van der Waals surface area contributed by atoms with E-state index in [9.17, 15) is 0 Å². The van der Waals surface area contributed by atoms with Crippen molar-refractivity contribution in [3.8, 4) is 6.07 Å². The van der Waals surface area contributed by atoms with Crippen molar-refractivity contribution in [2.24, 2.45) is 5.92 Å². The maximum atomic E-state index is 8.73. The Labute approximate surface area is 177 Å². The second kappa shape index (κ2) is 9.56. The lowest BCUT2D eigenvalue weighted by Crippen LogP contribution is -2.40. The standard InChI is InChI=1S/C13H23NOSi.C11H12N2/c1-11-7-8-12(9-14-11)10-15-16(5,6)13(2,3)4;1-8-4-10-5-9(6-12)2-3-11(10)13-7-8/h7-9H,10H2,1-6H3;2-3,5,8,13H,4,7H2,1H3. The molecule has 3 rings (SSSR count). The maximum absolute atomic E-state index is 8.73. The van der Waals surface area contributed by atoms with Crippen LogP contribution in [-0.4, -0.2) is 19.8 Å². The first-order valence-corrected chi connectivity index (χ1v) is 13.2. The van der Waals surface area contributed by atoms with E-state index in [4.69, 9.17) is 9.69 Å². The monoisotopic (exact) mass is 409 g/mol. The Bertz CT molecular complexity index is 848. The number of nitrogens with one attached hydrogen (secondary N) is 1. The third-order valence-corrected chi connectivity index (χ3v) is 10.3. The smallest absolute Gasteiger partial charge is 0.192 e.